The zero-order chi connectivity index (χ0) is 11.5. The number of H-pyrrole nitrogens is 1. The average molecular weight is 221 g/mol. The molecular weight excluding hydrogens is 214 g/mol. The number of carboxylic acid groups (broad SMARTS) is 1. The Morgan fingerprint density at radius 3 is 3.06 bits per heavy atom. The van der Waals surface area contributed by atoms with E-state index in [1.807, 2.05) is 0 Å². The molecule has 0 atom stereocenters. The SMILES string of the molecule is CON=C(C(=O)O)c1ncc2[nH]cnc2n1. The van der Waals surface area contributed by atoms with Crippen LogP contribution in [0.15, 0.2) is 17.7 Å². The molecule has 8 nitrogen and oxygen atoms in total. The second-order valence-electron chi connectivity index (χ2n) is 2.76. The number of carboxylic acids is 1. The number of aliphatic carboxylic acids is 1. The largest absolute Gasteiger partial charge is 0.476 e. The van der Waals surface area contributed by atoms with E-state index >= 15 is 0 Å². The number of oxime groups is 1. The Balaban J connectivity index is 2.52. The maximum Gasteiger partial charge on any atom is 0.361 e. The van der Waals surface area contributed by atoms with Gasteiger partial charge in [-0.15, -0.1) is 0 Å². The van der Waals surface area contributed by atoms with Crippen LogP contribution in [0.5, 0.6) is 0 Å². The Kier molecular flexibility index (Phi) is 2.46. The summed E-state index contributed by atoms with van der Waals surface area (Å²) in [4.78, 5) is 29.7. The molecule has 2 rings (SSSR count). The van der Waals surface area contributed by atoms with Crippen molar-refractivity contribution in [3.63, 3.8) is 0 Å². The van der Waals surface area contributed by atoms with Gasteiger partial charge in [0.15, 0.2) is 11.5 Å². The molecule has 0 radical (unpaired) electrons. The van der Waals surface area contributed by atoms with Gasteiger partial charge in [-0.2, -0.15) is 0 Å². The predicted molar refractivity (Wildman–Crippen MR) is 52.9 cm³/mol. The normalized spacial score (nSPS) is 11.7. The lowest BCUT2D eigenvalue weighted by atomic mass is 10.3. The maximum atomic E-state index is 10.8. The van der Waals surface area contributed by atoms with Crippen LogP contribution in [-0.4, -0.2) is 43.8 Å². The van der Waals surface area contributed by atoms with Crippen molar-refractivity contribution >= 4 is 22.8 Å². The van der Waals surface area contributed by atoms with Crippen molar-refractivity contribution in [2.75, 3.05) is 7.11 Å². The van der Waals surface area contributed by atoms with Crippen LogP contribution < -0.4 is 0 Å². The van der Waals surface area contributed by atoms with E-state index in [9.17, 15) is 4.79 Å². The second-order valence-corrected chi connectivity index (χ2v) is 2.76. The van der Waals surface area contributed by atoms with Gasteiger partial charge in [-0.3, -0.25) is 0 Å². The summed E-state index contributed by atoms with van der Waals surface area (Å²) < 4.78 is 0. The van der Waals surface area contributed by atoms with Crippen molar-refractivity contribution in [2.45, 2.75) is 0 Å². The third kappa shape index (κ3) is 1.67. The van der Waals surface area contributed by atoms with Crippen LogP contribution in [0, 0.1) is 0 Å². The minimum absolute atomic E-state index is 0.0473. The standard InChI is InChI=1S/C8H7N5O3/c1-16-13-5(8(14)15)7-9-2-4-6(12-7)11-3-10-4/h2-3H,1H3,(H,14,15)(H,9,10,11,12). The van der Waals surface area contributed by atoms with Crippen LogP contribution >= 0.6 is 0 Å². The summed E-state index contributed by atoms with van der Waals surface area (Å²) in [6.07, 6.45) is 2.87. The average Bonchev–Trinajstić information content (AvgIpc) is 2.72. The van der Waals surface area contributed by atoms with E-state index in [1.165, 1.54) is 19.6 Å². The fraction of sp³-hybridized carbons (Fsp3) is 0.125. The Morgan fingerprint density at radius 2 is 2.38 bits per heavy atom. The third-order valence-electron chi connectivity index (χ3n) is 1.77. The maximum absolute atomic E-state index is 10.8. The van der Waals surface area contributed by atoms with Gasteiger partial charge in [0.1, 0.15) is 12.6 Å². The van der Waals surface area contributed by atoms with Crippen LogP contribution in [0.2, 0.25) is 0 Å². The quantitative estimate of drug-likeness (QED) is 0.547. The van der Waals surface area contributed by atoms with Gasteiger partial charge in [0.2, 0.25) is 5.71 Å². The van der Waals surface area contributed by atoms with Crippen molar-refractivity contribution in [3.05, 3.63) is 18.3 Å². The molecule has 82 valence electrons. The van der Waals surface area contributed by atoms with Gasteiger partial charge < -0.3 is 14.9 Å². The molecule has 0 aliphatic rings. The minimum atomic E-state index is -1.27. The van der Waals surface area contributed by atoms with Crippen LogP contribution in [0.1, 0.15) is 5.82 Å². The molecule has 2 heterocycles. The number of hydrogen-bond donors (Lipinski definition) is 2. The lowest BCUT2D eigenvalue weighted by molar-refractivity contribution is -0.129. The summed E-state index contributed by atoms with van der Waals surface area (Å²) in [5, 5.41) is 12.2. The first kappa shape index (κ1) is 10.0. The van der Waals surface area contributed by atoms with E-state index in [-0.39, 0.29) is 11.5 Å². The molecule has 8 heteroatoms. The number of aromatic nitrogens is 4. The Labute approximate surface area is 89.0 Å². The topological polar surface area (TPSA) is 113 Å². The lowest BCUT2D eigenvalue weighted by Crippen LogP contribution is -2.18. The zero-order valence-corrected chi connectivity index (χ0v) is 8.21. The molecule has 0 bridgehead atoms. The third-order valence-corrected chi connectivity index (χ3v) is 1.77. The Hall–Kier alpha value is -2.51. The number of fused-ring (bicyclic) bond motifs is 1. The van der Waals surface area contributed by atoms with E-state index in [2.05, 4.69) is 29.9 Å². The van der Waals surface area contributed by atoms with Gasteiger partial charge in [0, 0.05) is 0 Å². The van der Waals surface area contributed by atoms with E-state index in [1.54, 1.807) is 0 Å². The molecule has 0 saturated heterocycles. The van der Waals surface area contributed by atoms with E-state index < -0.39 is 5.97 Å². The first-order valence-corrected chi connectivity index (χ1v) is 4.23. The summed E-state index contributed by atoms with van der Waals surface area (Å²) in [5.41, 5.74) is 0.619. The smallest absolute Gasteiger partial charge is 0.361 e. The van der Waals surface area contributed by atoms with Crippen LogP contribution in [-0.2, 0) is 9.63 Å². The highest BCUT2D eigenvalue weighted by Gasteiger charge is 2.17. The second kappa shape index (κ2) is 3.93. The van der Waals surface area contributed by atoms with E-state index in [0.29, 0.717) is 11.2 Å². The van der Waals surface area contributed by atoms with Crippen molar-refractivity contribution in [1.82, 2.24) is 19.9 Å². The number of imidazole rings is 1. The number of rotatable bonds is 3. The van der Waals surface area contributed by atoms with Crippen molar-refractivity contribution in [2.24, 2.45) is 5.16 Å². The molecule has 2 N–H and O–H groups in total. The highest BCUT2D eigenvalue weighted by atomic mass is 16.6. The molecule has 0 saturated carbocycles. The highest BCUT2D eigenvalue weighted by molar-refractivity contribution is 6.41. The fourth-order valence-electron chi connectivity index (χ4n) is 1.12. The van der Waals surface area contributed by atoms with Gasteiger partial charge >= 0.3 is 5.97 Å². The fourth-order valence-corrected chi connectivity index (χ4v) is 1.12. The summed E-state index contributed by atoms with van der Waals surface area (Å²) in [7, 11) is 1.25. The predicted octanol–water partition coefficient (Wildman–Crippen LogP) is -0.212. The molecule has 0 unspecified atom stereocenters. The molecule has 16 heavy (non-hydrogen) atoms. The van der Waals surface area contributed by atoms with Crippen molar-refractivity contribution in [1.29, 1.82) is 0 Å². The van der Waals surface area contributed by atoms with Gasteiger partial charge in [-0.25, -0.2) is 19.7 Å². The molecule has 0 spiro atoms. The number of nitrogens with zero attached hydrogens (tertiary/aromatic N) is 4. The van der Waals surface area contributed by atoms with Crippen molar-refractivity contribution in [3.8, 4) is 0 Å². The molecule has 2 aromatic rings. The summed E-state index contributed by atoms with van der Waals surface area (Å²) in [5.74, 6) is -1.31. The molecule has 0 fully saturated rings. The van der Waals surface area contributed by atoms with Gasteiger partial charge in [-0.05, 0) is 0 Å². The van der Waals surface area contributed by atoms with E-state index in [0.717, 1.165) is 0 Å². The van der Waals surface area contributed by atoms with Gasteiger partial charge in [0.25, 0.3) is 0 Å². The van der Waals surface area contributed by atoms with Crippen LogP contribution in [0.25, 0.3) is 11.2 Å². The zero-order valence-electron chi connectivity index (χ0n) is 8.21. The number of nitrogens with one attached hydrogen (secondary N) is 1. The molecule has 0 aliphatic carbocycles. The Bertz CT molecular complexity index is 562. The number of aromatic amines is 1. The molecule has 0 amide bonds. The van der Waals surface area contributed by atoms with E-state index in [4.69, 9.17) is 5.11 Å². The van der Waals surface area contributed by atoms with Gasteiger partial charge in [0.05, 0.1) is 12.5 Å². The first-order chi connectivity index (χ1) is 7.72. The van der Waals surface area contributed by atoms with Crippen LogP contribution in [0.3, 0.4) is 0 Å². The molecular formula is C8H7N5O3. The van der Waals surface area contributed by atoms with Gasteiger partial charge in [-0.1, -0.05) is 5.16 Å². The lowest BCUT2D eigenvalue weighted by Gasteiger charge is -1.98. The highest BCUT2D eigenvalue weighted by Crippen LogP contribution is 2.05. The molecule has 0 aliphatic heterocycles. The molecule has 2 aromatic heterocycles. The first-order valence-electron chi connectivity index (χ1n) is 4.23. The summed E-state index contributed by atoms with van der Waals surface area (Å²) in [6, 6.07) is 0. The number of hydrogen-bond acceptors (Lipinski definition) is 6. The monoisotopic (exact) mass is 221 g/mol. The Morgan fingerprint density at radius 1 is 1.56 bits per heavy atom. The van der Waals surface area contributed by atoms with Crippen molar-refractivity contribution < 1.29 is 14.7 Å². The summed E-state index contributed by atoms with van der Waals surface area (Å²) in [6.45, 7) is 0. The number of carbonyl (C=O) groups is 1. The van der Waals surface area contributed by atoms with Crippen LogP contribution in [0.4, 0.5) is 0 Å². The molecule has 0 aromatic carbocycles. The summed E-state index contributed by atoms with van der Waals surface area (Å²) >= 11 is 0. The minimum Gasteiger partial charge on any atom is -0.476 e.